The van der Waals surface area contributed by atoms with Crippen molar-refractivity contribution in [3.05, 3.63) is 101 Å². The Hall–Kier alpha value is -4.10. The van der Waals surface area contributed by atoms with E-state index < -0.39 is 27.1 Å². The van der Waals surface area contributed by atoms with E-state index in [-0.39, 0.29) is 17.3 Å². The molecule has 4 rings (SSSR count). The molecule has 0 aliphatic carbocycles. The minimum Gasteiger partial charge on any atom is -0.450 e. The highest BCUT2D eigenvalue weighted by Gasteiger charge is 2.21. The first-order valence-corrected chi connectivity index (χ1v) is 11.2. The number of hydrogen-bond donors (Lipinski definition) is 1. The number of carbonyl (C=O) groups excluding carboxylic acids is 1. The highest BCUT2D eigenvalue weighted by atomic mass is 79.9. The fourth-order valence-corrected chi connectivity index (χ4v) is 4.34. The number of rotatable bonds is 7. The number of hydrazone groups is 1. The molecule has 0 saturated heterocycles. The number of benzene rings is 3. The zero-order valence-corrected chi connectivity index (χ0v) is 20.5. The van der Waals surface area contributed by atoms with Gasteiger partial charge in [-0.15, -0.1) is 0 Å². The number of nitro benzene ring substituents is 2. The largest absolute Gasteiger partial charge is 0.450 e. The highest BCUT2D eigenvalue weighted by molar-refractivity contribution is 9.11. The van der Waals surface area contributed by atoms with Crippen molar-refractivity contribution in [1.82, 2.24) is 5.43 Å². The first kappa shape index (κ1) is 24.0. The van der Waals surface area contributed by atoms with Crippen LogP contribution in [0.1, 0.15) is 16.1 Å². The van der Waals surface area contributed by atoms with Crippen molar-refractivity contribution in [3.63, 3.8) is 0 Å². The number of nitrogens with one attached hydrogen (secondary N) is 1. The summed E-state index contributed by atoms with van der Waals surface area (Å²) in [6.07, 6.45) is 1.39. The molecule has 1 N–H and O–H groups in total. The van der Waals surface area contributed by atoms with Gasteiger partial charge in [0.2, 0.25) is 5.75 Å². The first-order chi connectivity index (χ1) is 16.7. The van der Waals surface area contributed by atoms with E-state index in [0.717, 1.165) is 28.1 Å². The van der Waals surface area contributed by atoms with Gasteiger partial charge in [-0.25, -0.2) is 5.43 Å². The van der Waals surface area contributed by atoms with Crippen molar-refractivity contribution in [3.8, 4) is 11.5 Å². The van der Waals surface area contributed by atoms with Gasteiger partial charge in [-0.1, -0.05) is 15.9 Å². The summed E-state index contributed by atoms with van der Waals surface area (Å²) < 4.78 is 12.6. The third-order valence-electron chi connectivity index (χ3n) is 4.60. The number of nitro groups is 2. The van der Waals surface area contributed by atoms with Gasteiger partial charge in [0.25, 0.3) is 5.69 Å². The van der Waals surface area contributed by atoms with Crippen molar-refractivity contribution < 1.29 is 23.8 Å². The molecule has 1 amide bonds. The summed E-state index contributed by atoms with van der Waals surface area (Å²) in [6, 6.07) is 14.6. The van der Waals surface area contributed by atoms with Gasteiger partial charge >= 0.3 is 11.6 Å². The van der Waals surface area contributed by atoms with E-state index in [0.29, 0.717) is 15.6 Å². The molecule has 11 nitrogen and oxygen atoms in total. The van der Waals surface area contributed by atoms with Crippen LogP contribution in [0.25, 0.3) is 11.0 Å². The summed E-state index contributed by atoms with van der Waals surface area (Å²) in [5.74, 6) is -0.323. The standard InChI is InChI=1S/C22H12Br2N4O7/c23-14-7-13-8-20(35-21(13)17(24)9-14)22(29)26-25-11-12-1-4-16(5-2-12)34-19-6-3-15(27(30)31)10-18(19)28(32)33/h1-11H,(H,26,29)/b25-11-. The number of amides is 1. The molecule has 4 aromatic rings. The molecular weight excluding hydrogens is 592 g/mol. The second-order valence-corrected chi connectivity index (χ2v) is 8.72. The Morgan fingerprint density at radius 1 is 1.00 bits per heavy atom. The van der Waals surface area contributed by atoms with Gasteiger partial charge in [0.05, 0.1) is 26.6 Å². The molecule has 0 radical (unpaired) electrons. The number of fused-ring (bicyclic) bond motifs is 1. The maximum Gasteiger partial charge on any atom is 0.318 e. The molecule has 0 unspecified atom stereocenters. The highest BCUT2D eigenvalue weighted by Crippen LogP contribution is 2.34. The van der Waals surface area contributed by atoms with E-state index in [9.17, 15) is 25.0 Å². The lowest BCUT2D eigenvalue weighted by atomic mass is 10.2. The van der Waals surface area contributed by atoms with Gasteiger partial charge in [0.15, 0.2) is 5.76 Å². The predicted octanol–water partition coefficient (Wildman–Crippen LogP) is 6.33. The van der Waals surface area contributed by atoms with E-state index in [2.05, 4.69) is 42.4 Å². The number of furan rings is 1. The van der Waals surface area contributed by atoms with Crippen LogP contribution in [0, 0.1) is 20.2 Å². The van der Waals surface area contributed by atoms with Gasteiger partial charge in [-0.3, -0.25) is 25.0 Å². The Morgan fingerprint density at radius 3 is 2.43 bits per heavy atom. The monoisotopic (exact) mass is 602 g/mol. The maximum absolute atomic E-state index is 12.3. The molecule has 0 aliphatic heterocycles. The van der Waals surface area contributed by atoms with Crippen molar-refractivity contribution >= 4 is 66.3 Å². The molecule has 0 aliphatic rings. The van der Waals surface area contributed by atoms with E-state index in [1.54, 1.807) is 24.3 Å². The van der Waals surface area contributed by atoms with E-state index in [1.165, 1.54) is 18.3 Å². The zero-order valence-electron chi connectivity index (χ0n) is 17.3. The fraction of sp³-hybridized carbons (Fsp3) is 0. The Balaban J connectivity index is 1.42. The smallest absolute Gasteiger partial charge is 0.318 e. The molecule has 0 bridgehead atoms. The summed E-state index contributed by atoms with van der Waals surface area (Å²) >= 11 is 6.76. The van der Waals surface area contributed by atoms with Crippen molar-refractivity contribution in [2.45, 2.75) is 0 Å². The Bertz CT molecular complexity index is 1500. The lowest BCUT2D eigenvalue weighted by Crippen LogP contribution is -2.16. The third-order valence-corrected chi connectivity index (χ3v) is 5.64. The lowest BCUT2D eigenvalue weighted by molar-refractivity contribution is -0.394. The summed E-state index contributed by atoms with van der Waals surface area (Å²) in [5.41, 5.74) is 2.57. The molecule has 0 fully saturated rings. The topological polar surface area (TPSA) is 150 Å². The molecule has 1 heterocycles. The molecule has 176 valence electrons. The number of carbonyl (C=O) groups is 1. The normalized spacial score (nSPS) is 11.0. The SMILES string of the molecule is O=C(N/N=C\c1ccc(Oc2ccc([N+](=O)[O-])cc2[N+](=O)[O-])cc1)c1cc2cc(Br)cc(Br)c2o1. The van der Waals surface area contributed by atoms with E-state index in [4.69, 9.17) is 9.15 Å². The number of halogens is 2. The minimum atomic E-state index is -0.758. The average Bonchev–Trinajstić information content (AvgIpc) is 3.25. The van der Waals surface area contributed by atoms with Crippen molar-refractivity contribution in [1.29, 1.82) is 0 Å². The predicted molar refractivity (Wildman–Crippen MR) is 133 cm³/mol. The average molecular weight is 604 g/mol. The molecule has 35 heavy (non-hydrogen) atoms. The Morgan fingerprint density at radius 2 is 1.74 bits per heavy atom. The van der Waals surface area contributed by atoms with Crippen LogP contribution in [0.4, 0.5) is 11.4 Å². The van der Waals surface area contributed by atoms with Crippen molar-refractivity contribution in [2.24, 2.45) is 5.10 Å². The van der Waals surface area contributed by atoms with Gasteiger partial charge in [0, 0.05) is 15.9 Å². The first-order valence-electron chi connectivity index (χ1n) is 9.64. The summed E-state index contributed by atoms with van der Waals surface area (Å²) in [6.45, 7) is 0. The van der Waals surface area contributed by atoms with Crippen LogP contribution >= 0.6 is 31.9 Å². The Labute approximate surface area is 212 Å². The van der Waals surface area contributed by atoms with Crippen LogP contribution in [-0.2, 0) is 0 Å². The lowest BCUT2D eigenvalue weighted by Gasteiger charge is -2.06. The number of nitrogens with zero attached hydrogens (tertiary/aromatic N) is 3. The van der Waals surface area contributed by atoms with Gasteiger partial charge in [-0.05, 0) is 70.0 Å². The minimum absolute atomic E-state index is 0.0874. The molecule has 0 atom stereocenters. The quantitative estimate of drug-likeness (QED) is 0.147. The molecule has 3 aromatic carbocycles. The zero-order chi connectivity index (χ0) is 25.1. The molecule has 1 aromatic heterocycles. The van der Waals surface area contributed by atoms with Crippen molar-refractivity contribution in [2.75, 3.05) is 0 Å². The van der Waals surface area contributed by atoms with Crippen LogP contribution in [0.5, 0.6) is 11.5 Å². The third kappa shape index (κ3) is 5.53. The van der Waals surface area contributed by atoms with Crippen LogP contribution in [-0.4, -0.2) is 22.0 Å². The number of hydrogen-bond acceptors (Lipinski definition) is 8. The van der Waals surface area contributed by atoms with E-state index in [1.807, 2.05) is 6.07 Å². The second kappa shape index (κ2) is 10.0. The number of non-ortho nitro benzene ring substituents is 1. The van der Waals surface area contributed by atoms with Gasteiger partial charge in [-0.2, -0.15) is 5.10 Å². The maximum atomic E-state index is 12.3. The summed E-state index contributed by atoms with van der Waals surface area (Å²) in [5, 5.41) is 26.7. The van der Waals surface area contributed by atoms with Crippen LogP contribution in [0.15, 0.2) is 79.1 Å². The van der Waals surface area contributed by atoms with E-state index >= 15 is 0 Å². The van der Waals surface area contributed by atoms with Gasteiger partial charge in [0.1, 0.15) is 11.3 Å². The molecule has 0 spiro atoms. The summed E-state index contributed by atoms with van der Waals surface area (Å²) in [7, 11) is 0. The van der Waals surface area contributed by atoms with Crippen LogP contribution in [0.3, 0.4) is 0 Å². The molecule has 13 heteroatoms. The number of ether oxygens (including phenoxy) is 1. The molecule has 0 saturated carbocycles. The van der Waals surface area contributed by atoms with Crippen LogP contribution < -0.4 is 10.2 Å². The van der Waals surface area contributed by atoms with Crippen LogP contribution in [0.2, 0.25) is 0 Å². The second-order valence-electron chi connectivity index (χ2n) is 6.95. The Kier molecular flexibility index (Phi) is 6.89. The molecular formula is C22H12Br2N4O7. The fourth-order valence-electron chi connectivity index (χ4n) is 3.01. The summed E-state index contributed by atoms with van der Waals surface area (Å²) in [4.78, 5) is 33.0. The van der Waals surface area contributed by atoms with Gasteiger partial charge < -0.3 is 9.15 Å².